The Kier molecular flexibility index (Phi) is 6.23. The van der Waals surface area contributed by atoms with Gasteiger partial charge in [0.25, 0.3) is 0 Å². The van der Waals surface area contributed by atoms with Crippen molar-refractivity contribution in [3.8, 4) is 0 Å². The third kappa shape index (κ3) is 5.16. The number of nitrogens with one attached hydrogen (secondary N) is 1. The summed E-state index contributed by atoms with van der Waals surface area (Å²) >= 11 is 11.7. The molecule has 5 nitrogen and oxygen atoms in total. The molecular formula is C15H20Cl2N2O3. The molecule has 0 spiro atoms. The number of hydrogen-bond donors (Lipinski definition) is 2. The summed E-state index contributed by atoms with van der Waals surface area (Å²) in [5, 5.41) is 13.5. The average Bonchev–Trinajstić information content (AvgIpc) is 2.35. The summed E-state index contributed by atoms with van der Waals surface area (Å²) in [6.45, 7) is 3.21. The number of likely N-dealkylation sites (N-methyl/N-ethyl adjacent to an activating group) is 1. The Balaban J connectivity index is 2.74. The molecule has 2 amide bonds. The molecular weight excluding hydrogens is 327 g/mol. The zero-order valence-electron chi connectivity index (χ0n) is 13.0. The van der Waals surface area contributed by atoms with E-state index in [0.29, 0.717) is 15.6 Å². The Bertz CT molecular complexity index is 554. The Labute approximate surface area is 140 Å². The molecule has 0 saturated heterocycles. The highest BCUT2D eigenvalue weighted by atomic mass is 35.5. The van der Waals surface area contributed by atoms with Crippen molar-refractivity contribution >= 4 is 35.0 Å². The number of nitrogens with zero attached hydrogens (tertiary/aromatic N) is 1. The highest BCUT2D eigenvalue weighted by Crippen LogP contribution is 2.25. The Morgan fingerprint density at radius 3 is 2.18 bits per heavy atom. The van der Waals surface area contributed by atoms with Gasteiger partial charge in [-0.05, 0) is 37.6 Å². The molecule has 0 aliphatic rings. The van der Waals surface area contributed by atoms with Gasteiger partial charge in [0.15, 0.2) is 0 Å². The maximum atomic E-state index is 12.0. The fraction of sp³-hybridized carbons (Fsp3) is 0.467. The van der Waals surface area contributed by atoms with Gasteiger partial charge in [-0.25, -0.2) is 0 Å². The maximum absolute atomic E-state index is 12.0. The number of aliphatic hydroxyl groups is 1. The highest BCUT2D eigenvalue weighted by molar-refractivity contribution is 6.34. The van der Waals surface area contributed by atoms with Crippen LogP contribution in [0.3, 0.4) is 0 Å². The molecule has 0 radical (unpaired) electrons. The van der Waals surface area contributed by atoms with Crippen LogP contribution in [-0.2, 0) is 9.59 Å². The van der Waals surface area contributed by atoms with Crippen LogP contribution in [0.1, 0.15) is 31.9 Å². The van der Waals surface area contributed by atoms with Crippen molar-refractivity contribution in [2.75, 3.05) is 14.1 Å². The monoisotopic (exact) mass is 346 g/mol. The van der Waals surface area contributed by atoms with Crippen LogP contribution in [-0.4, -0.2) is 41.5 Å². The fourth-order valence-electron chi connectivity index (χ4n) is 2.07. The number of carbonyl (C=O) groups excluding carboxylic acids is 2. The SMILES string of the molecule is CN(C)C(=O)C(C)(C)NC(=O)CC(O)c1cc(Cl)cc(Cl)c1. The maximum Gasteiger partial charge on any atom is 0.247 e. The molecule has 1 unspecified atom stereocenters. The second-order valence-corrected chi connectivity index (χ2v) is 6.67. The van der Waals surface area contributed by atoms with Gasteiger partial charge in [-0.1, -0.05) is 23.2 Å². The lowest BCUT2D eigenvalue weighted by Gasteiger charge is -2.28. The first-order valence-electron chi connectivity index (χ1n) is 6.69. The van der Waals surface area contributed by atoms with Gasteiger partial charge in [0, 0.05) is 24.1 Å². The molecule has 0 aromatic heterocycles. The first-order chi connectivity index (χ1) is 10.0. The van der Waals surface area contributed by atoms with Crippen molar-refractivity contribution in [1.82, 2.24) is 10.2 Å². The van der Waals surface area contributed by atoms with Gasteiger partial charge in [0.2, 0.25) is 11.8 Å². The molecule has 0 aliphatic carbocycles. The number of benzene rings is 1. The van der Waals surface area contributed by atoms with Crippen molar-refractivity contribution in [2.24, 2.45) is 0 Å². The summed E-state index contributed by atoms with van der Waals surface area (Å²) in [6, 6.07) is 4.63. The molecule has 0 fully saturated rings. The van der Waals surface area contributed by atoms with Crippen LogP contribution < -0.4 is 5.32 Å². The minimum absolute atomic E-state index is 0.194. The molecule has 22 heavy (non-hydrogen) atoms. The number of aliphatic hydroxyl groups excluding tert-OH is 1. The van der Waals surface area contributed by atoms with E-state index in [1.807, 2.05) is 0 Å². The second-order valence-electron chi connectivity index (χ2n) is 5.80. The predicted octanol–water partition coefficient (Wildman–Crippen LogP) is 2.40. The first-order valence-corrected chi connectivity index (χ1v) is 7.45. The fourth-order valence-corrected chi connectivity index (χ4v) is 2.62. The van der Waals surface area contributed by atoms with E-state index < -0.39 is 17.6 Å². The smallest absolute Gasteiger partial charge is 0.247 e. The van der Waals surface area contributed by atoms with Gasteiger partial charge in [0.1, 0.15) is 5.54 Å². The number of carbonyl (C=O) groups is 2. The number of hydrogen-bond acceptors (Lipinski definition) is 3. The van der Waals surface area contributed by atoms with Gasteiger partial charge >= 0.3 is 0 Å². The van der Waals surface area contributed by atoms with Crippen molar-refractivity contribution in [2.45, 2.75) is 31.9 Å². The molecule has 1 rings (SSSR count). The zero-order chi connectivity index (χ0) is 17.1. The summed E-state index contributed by atoms with van der Waals surface area (Å²) < 4.78 is 0. The Morgan fingerprint density at radius 2 is 1.73 bits per heavy atom. The summed E-state index contributed by atoms with van der Waals surface area (Å²) in [6.07, 6.45) is -1.25. The van der Waals surface area contributed by atoms with E-state index in [4.69, 9.17) is 23.2 Å². The van der Waals surface area contributed by atoms with E-state index in [9.17, 15) is 14.7 Å². The number of halogens is 2. The van der Waals surface area contributed by atoms with Crippen LogP contribution >= 0.6 is 23.2 Å². The molecule has 122 valence electrons. The summed E-state index contributed by atoms with van der Waals surface area (Å²) in [5.74, 6) is -0.676. The van der Waals surface area contributed by atoms with Crippen LogP contribution in [0.5, 0.6) is 0 Å². The molecule has 1 aromatic rings. The normalized spacial score (nSPS) is 12.7. The van der Waals surface area contributed by atoms with Gasteiger partial charge in [-0.3, -0.25) is 9.59 Å². The van der Waals surface area contributed by atoms with Crippen molar-refractivity contribution in [3.05, 3.63) is 33.8 Å². The van der Waals surface area contributed by atoms with Crippen molar-refractivity contribution in [1.29, 1.82) is 0 Å². The topological polar surface area (TPSA) is 69.6 Å². The molecule has 1 aromatic carbocycles. The minimum Gasteiger partial charge on any atom is -0.388 e. The molecule has 7 heteroatoms. The first kappa shape index (κ1) is 18.7. The van der Waals surface area contributed by atoms with Gasteiger partial charge < -0.3 is 15.3 Å². The number of rotatable bonds is 5. The Hall–Kier alpha value is -1.30. The summed E-state index contributed by atoms with van der Waals surface area (Å²) in [5.41, 5.74) is -0.601. The minimum atomic E-state index is -1.05. The van der Waals surface area contributed by atoms with Crippen molar-refractivity contribution in [3.63, 3.8) is 0 Å². The largest absolute Gasteiger partial charge is 0.388 e. The number of amides is 2. The van der Waals surface area contributed by atoms with E-state index in [-0.39, 0.29) is 12.3 Å². The molecule has 1 atom stereocenters. The van der Waals surface area contributed by atoms with Crippen molar-refractivity contribution < 1.29 is 14.7 Å². The predicted molar refractivity (Wildman–Crippen MR) is 87.0 cm³/mol. The molecule has 2 N–H and O–H groups in total. The highest BCUT2D eigenvalue weighted by Gasteiger charge is 2.31. The quantitative estimate of drug-likeness (QED) is 0.859. The summed E-state index contributed by atoms with van der Waals surface area (Å²) in [4.78, 5) is 25.4. The van der Waals surface area contributed by atoms with E-state index in [2.05, 4.69) is 5.32 Å². The van der Waals surface area contributed by atoms with E-state index in [0.717, 1.165) is 0 Å². The molecule has 0 heterocycles. The van der Waals surface area contributed by atoms with Crippen LogP contribution in [0.4, 0.5) is 0 Å². The van der Waals surface area contributed by atoms with Gasteiger partial charge in [-0.15, -0.1) is 0 Å². The third-order valence-electron chi connectivity index (χ3n) is 3.04. The standard InChI is InChI=1S/C15H20Cl2N2O3/c1-15(2,14(22)19(3)4)18-13(21)8-12(20)9-5-10(16)7-11(17)6-9/h5-7,12,20H,8H2,1-4H3,(H,18,21). The lowest BCUT2D eigenvalue weighted by molar-refractivity contribution is -0.138. The summed E-state index contributed by atoms with van der Waals surface area (Å²) in [7, 11) is 3.22. The molecule has 0 bridgehead atoms. The Morgan fingerprint density at radius 1 is 1.23 bits per heavy atom. The zero-order valence-corrected chi connectivity index (χ0v) is 14.5. The van der Waals surface area contributed by atoms with Crippen LogP contribution in [0.2, 0.25) is 10.0 Å². The van der Waals surface area contributed by atoms with Crippen LogP contribution in [0.15, 0.2) is 18.2 Å². The van der Waals surface area contributed by atoms with Gasteiger partial charge in [-0.2, -0.15) is 0 Å². The second kappa shape index (κ2) is 7.31. The lowest BCUT2D eigenvalue weighted by Crippen LogP contribution is -2.54. The van der Waals surface area contributed by atoms with Gasteiger partial charge in [0.05, 0.1) is 12.5 Å². The van der Waals surface area contributed by atoms with Crippen LogP contribution in [0.25, 0.3) is 0 Å². The molecule has 0 saturated carbocycles. The van der Waals surface area contributed by atoms with Crippen LogP contribution in [0, 0.1) is 0 Å². The molecule has 0 aliphatic heterocycles. The van der Waals surface area contributed by atoms with E-state index in [1.165, 1.54) is 11.0 Å². The van der Waals surface area contributed by atoms with E-state index in [1.54, 1.807) is 40.1 Å². The van der Waals surface area contributed by atoms with E-state index >= 15 is 0 Å². The lowest BCUT2D eigenvalue weighted by atomic mass is 10.0. The average molecular weight is 347 g/mol. The third-order valence-corrected chi connectivity index (χ3v) is 3.48.